The molecule has 0 radical (unpaired) electrons. The normalized spacial score (nSPS) is 11.2. The lowest BCUT2D eigenvalue weighted by atomic mass is 10.2. The monoisotopic (exact) mass is 316 g/mol. The van der Waals surface area contributed by atoms with Gasteiger partial charge >= 0.3 is 0 Å². The highest BCUT2D eigenvalue weighted by Crippen LogP contribution is 2.31. The van der Waals surface area contributed by atoms with Crippen LogP contribution >= 0.6 is 34.3 Å². The van der Waals surface area contributed by atoms with Crippen molar-refractivity contribution in [1.82, 2.24) is 4.98 Å². The molecule has 0 aliphatic heterocycles. The fraction of sp³-hybridized carbons (Fsp3) is 0. The third kappa shape index (κ3) is 2.16. The third-order valence-electron chi connectivity index (χ3n) is 3.05. The molecule has 0 spiro atoms. The molecule has 0 bridgehead atoms. The predicted octanol–water partition coefficient (Wildman–Crippen LogP) is 5.91. The van der Waals surface area contributed by atoms with Crippen molar-refractivity contribution < 1.29 is 0 Å². The Labute approximate surface area is 128 Å². The van der Waals surface area contributed by atoms with Crippen molar-refractivity contribution in [2.24, 2.45) is 0 Å². The van der Waals surface area contributed by atoms with Gasteiger partial charge in [-0.2, -0.15) is 0 Å². The van der Waals surface area contributed by atoms with E-state index in [0.717, 1.165) is 21.0 Å². The van der Waals surface area contributed by atoms with Gasteiger partial charge in [0.05, 0.1) is 10.2 Å². The highest BCUT2D eigenvalue weighted by atomic mass is 35.5. The molecule has 4 rings (SSSR count). The Hall–Kier alpha value is -1.62. The van der Waals surface area contributed by atoms with Crippen LogP contribution in [0.25, 0.3) is 20.3 Å². The van der Waals surface area contributed by atoms with Gasteiger partial charge in [-0.15, -0.1) is 11.3 Å². The molecule has 0 unspecified atom stereocenters. The van der Waals surface area contributed by atoms with Crippen LogP contribution in [-0.2, 0) is 0 Å². The lowest BCUT2D eigenvalue weighted by Gasteiger charge is -2.01. The van der Waals surface area contributed by atoms with Crippen molar-refractivity contribution in [1.29, 1.82) is 0 Å². The molecule has 1 N–H and O–H groups in total. The Bertz CT molecular complexity index is 910. The fourth-order valence-electron chi connectivity index (χ4n) is 2.12. The lowest BCUT2D eigenvalue weighted by molar-refractivity contribution is 1.45. The number of thiophene rings is 1. The molecule has 0 saturated heterocycles. The Kier molecular flexibility index (Phi) is 2.88. The second kappa shape index (κ2) is 4.74. The predicted molar refractivity (Wildman–Crippen MR) is 89.7 cm³/mol. The smallest absolute Gasteiger partial charge is 0.188 e. The number of halogens is 1. The Balaban J connectivity index is 1.72. The number of hydrogen-bond donors (Lipinski definition) is 1. The number of nitrogens with one attached hydrogen (secondary N) is 1. The van der Waals surface area contributed by atoms with Crippen LogP contribution in [0.3, 0.4) is 0 Å². The summed E-state index contributed by atoms with van der Waals surface area (Å²) in [6, 6.07) is 14.3. The van der Waals surface area contributed by atoms with Crippen molar-refractivity contribution in [2.75, 3.05) is 5.32 Å². The van der Waals surface area contributed by atoms with Gasteiger partial charge in [-0.25, -0.2) is 4.98 Å². The van der Waals surface area contributed by atoms with Crippen LogP contribution in [0.2, 0.25) is 5.02 Å². The topological polar surface area (TPSA) is 24.9 Å². The Morgan fingerprint density at radius 1 is 1.00 bits per heavy atom. The van der Waals surface area contributed by atoms with Gasteiger partial charge in [0, 0.05) is 15.4 Å². The maximum Gasteiger partial charge on any atom is 0.188 e. The number of rotatable bonds is 2. The van der Waals surface area contributed by atoms with Gasteiger partial charge < -0.3 is 5.32 Å². The van der Waals surface area contributed by atoms with Gasteiger partial charge in [0.1, 0.15) is 0 Å². The van der Waals surface area contributed by atoms with Crippen molar-refractivity contribution in [2.45, 2.75) is 0 Å². The second-order valence-corrected chi connectivity index (χ2v) is 6.84. The van der Waals surface area contributed by atoms with E-state index in [-0.39, 0.29) is 0 Å². The fourth-order valence-corrected chi connectivity index (χ4v) is 3.93. The first-order valence-corrected chi connectivity index (χ1v) is 8.16. The zero-order chi connectivity index (χ0) is 13.5. The highest BCUT2D eigenvalue weighted by Gasteiger charge is 2.05. The van der Waals surface area contributed by atoms with E-state index in [4.69, 9.17) is 11.6 Å². The molecule has 0 aliphatic rings. The molecular weight excluding hydrogens is 308 g/mol. The summed E-state index contributed by atoms with van der Waals surface area (Å²) in [5, 5.41) is 8.33. The molecule has 2 aromatic carbocycles. The minimum atomic E-state index is 0.717. The summed E-state index contributed by atoms with van der Waals surface area (Å²) in [7, 11) is 0. The van der Waals surface area contributed by atoms with Crippen molar-refractivity contribution in [3.63, 3.8) is 0 Å². The van der Waals surface area contributed by atoms with Gasteiger partial charge in [0.2, 0.25) is 0 Å². The van der Waals surface area contributed by atoms with E-state index in [1.165, 1.54) is 10.1 Å². The van der Waals surface area contributed by atoms with Gasteiger partial charge in [-0.3, -0.25) is 0 Å². The van der Waals surface area contributed by atoms with Gasteiger partial charge in [0.15, 0.2) is 5.13 Å². The van der Waals surface area contributed by atoms with Crippen LogP contribution in [0.5, 0.6) is 0 Å². The summed E-state index contributed by atoms with van der Waals surface area (Å²) in [6.07, 6.45) is 0. The van der Waals surface area contributed by atoms with E-state index in [1.54, 1.807) is 22.7 Å². The number of thiazole rings is 1. The van der Waals surface area contributed by atoms with E-state index in [2.05, 4.69) is 39.9 Å². The highest BCUT2D eigenvalue weighted by molar-refractivity contribution is 7.22. The van der Waals surface area contributed by atoms with Crippen LogP contribution in [-0.4, -0.2) is 4.98 Å². The molecular formula is C15H9ClN2S2. The summed E-state index contributed by atoms with van der Waals surface area (Å²) in [4.78, 5) is 4.56. The first kappa shape index (κ1) is 12.1. The molecule has 5 heteroatoms. The summed E-state index contributed by atoms with van der Waals surface area (Å²) in [5.74, 6) is 0. The molecule has 4 aromatic rings. The third-order valence-corrected chi connectivity index (χ3v) is 5.14. The molecule has 98 valence electrons. The Morgan fingerprint density at radius 3 is 2.85 bits per heavy atom. The molecule has 0 amide bonds. The number of benzene rings is 2. The van der Waals surface area contributed by atoms with Gasteiger partial charge in [0.25, 0.3) is 0 Å². The van der Waals surface area contributed by atoms with Crippen LogP contribution in [0.4, 0.5) is 10.8 Å². The molecule has 2 aromatic heterocycles. The van der Waals surface area contributed by atoms with E-state index in [0.29, 0.717) is 5.02 Å². The van der Waals surface area contributed by atoms with Crippen molar-refractivity contribution in [3.8, 4) is 0 Å². The summed E-state index contributed by atoms with van der Waals surface area (Å²) >= 11 is 9.37. The summed E-state index contributed by atoms with van der Waals surface area (Å²) < 4.78 is 2.43. The minimum absolute atomic E-state index is 0.717. The van der Waals surface area contributed by atoms with Gasteiger partial charge in [-0.05, 0) is 53.2 Å². The zero-order valence-electron chi connectivity index (χ0n) is 10.3. The van der Waals surface area contributed by atoms with Crippen LogP contribution in [0.15, 0.2) is 47.8 Å². The average molecular weight is 317 g/mol. The first-order valence-electron chi connectivity index (χ1n) is 6.08. The maximum atomic E-state index is 5.99. The number of fused-ring (bicyclic) bond motifs is 2. The zero-order valence-corrected chi connectivity index (χ0v) is 12.6. The Morgan fingerprint density at radius 2 is 1.90 bits per heavy atom. The van der Waals surface area contributed by atoms with Crippen LogP contribution < -0.4 is 5.32 Å². The maximum absolute atomic E-state index is 5.99. The SMILES string of the molecule is Clc1ccc2sc(Nc3ccc4sccc4c3)nc2c1. The van der Waals surface area contributed by atoms with E-state index < -0.39 is 0 Å². The number of aromatic nitrogens is 1. The molecule has 20 heavy (non-hydrogen) atoms. The summed E-state index contributed by atoms with van der Waals surface area (Å²) in [6.45, 7) is 0. The quantitative estimate of drug-likeness (QED) is 0.497. The number of hydrogen-bond acceptors (Lipinski definition) is 4. The van der Waals surface area contributed by atoms with E-state index >= 15 is 0 Å². The van der Waals surface area contributed by atoms with E-state index in [1.807, 2.05) is 18.2 Å². The lowest BCUT2D eigenvalue weighted by Crippen LogP contribution is -1.88. The molecule has 2 heterocycles. The van der Waals surface area contributed by atoms with Crippen molar-refractivity contribution in [3.05, 3.63) is 52.9 Å². The molecule has 0 aliphatic carbocycles. The molecule has 0 atom stereocenters. The minimum Gasteiger partial charge on any atom is -0.332 e. The van der Waals surface area contributed by atoms with Crippen LogP contribution in [0, 0.1) is 0 Å². The number of anilines is 2. The second-order valence-electron chi connectivity index (χ2n) is 4.43. The van der Waals surface area contributed by atoms with E-state index in [9.17, 15) is 0 Å². The first-order chi connectivity index (χ1) is 9.78. The summed E-state index contributed by atoms with van der Waals surface area (Å²) in [5.41, 5.74) is 1.99. The van der Waals surface area contributed by atoms with Crippen molar-refractivity contribution >= 4 is 65.4 Å². The van der Waals surface area contributed by atoms with Gasteiger partial charge in [-0.1, -0.05) is 22.9 Å². The molecule has 2 nitrogen and oxygen atoms in total. The largest absolute Gasteiger partial charge is 0.332 e. The average Bonchev–Trinajstić information content (AvgIpc) is 3.03. The standard InChI is InChI=1S/C15H9ClN2S2/c16-10-1-3-14-12(8-10)18-15(20-14)17-11-2-4-13-9(7-11)5-6-19-13/h1-8H,(H,17,18). The van der Waals surface area contributed by atoms with Crippen LogP contribution in [0.1, 0.15) is 0 Å². The number of nitrogens with zero attached hydrogens (tertiary/aromatic N) is 1. The molecule has 0 fully saturated rings. The molecule has 0 saturated carbocycles.